The first kappa shape index (κ1) is 11.0. The Hall–Kier alpha value is -0.0400. The quantitative estimate of drug-likeness (QED) is 0.638. The normalized spacial score (nSPS) is 28.8. The lowest BCUT2D eigenvalue weighted by Gasteiger charge is -2.23. The molecule has 0 spiro atoms. The van der Waals surface area contributed by atoms with Gasteiger partial charge in [0.1, 0.15) is 5.78 Å². The molecular formula is C11H19ClO. The van der Waals surface area contributed by atoms with Gasteiger partial charge in [-0.05, 0) is 32.1 Å². The summed E-state index contributed by atoms with van der Waals surface area (Å²) in [4.78, 5) is 11.6. The number of Topliss-reactive ketones (excluding diaryl/α,β-unsaturated/α-hetero) is 1. The fraction of sp³-hybridized carbons (Fsp3) is 0.909. The second kappa shape index (κ2) is 5.64. The van der Waals surface area contributed by atoms with E-state index >= 15 is 0 Å². The number of rotatable bonds is 4. The van der Waals surface area contributed by atoms with Crippen LogP contribution in [0.1, 0.15) is 51.9 Å². The SMILES string of the molecule is CCCCC(=O)C1CCC(Cl)CC1. The first-order chi connectivity index (χ1) is 6.24. The van der Waals surface area contributed by atoms with Crippen molar-refractivity contribution in [2.24, 2.45) is 5.92 Å². The average Bonchev–Trinajstić information content (AvgIpc) is 2.15. The van der Waals surface area contributed by atoms with Crippen LogP contribution in [0.15, 0.2) is 0 Å². The summed E-state index contributed by atoms with van der Waals surface area (Å²) in [6.45, 7) is 2.13. The second-order valence-electron chi connectivity index (χ2n) is 4.02. The van der Waals surface area contributed by atoms with Gasteiger partial charge in [-0.25, -0.2) is 0 Å². The highest BCUT2D eigenvalue weighted by molar-refractivity contribution is 6.20. The lowest BCUT2D eigenvalue weighted by Crippen LogP contribution is -2.21. The van der Waals surface area contributed by atoms with Crippen LogP contribution >= 0.6 is 11.6 Å². The maximum atomic E-state index is 11.6. The molecule has 1 nitrogen and oxygen atoms in total. The smallest absolute Gasteiger partial charge is 0.135 e. The van der Waals surface area contributed by atoms with E-state index in [0.717, 1.165) is 44.9 Å². The van der Waals surface area contributed by atoms with Crippen LogP contribution in [0.4, 0.5) is 0 Å². The standard InChI is InChI=1S/C11H19ClO/c1-2-3-4-11(13)9-5-7-10(12)8-6-9/h9-10H,2-8H2,1H3. The largest absolute Gasteiger partial charge is 0.299 e. The molecule has 0 heterocycles. The highest BCUT2D eigenvalue weighted by atomic mass is 35.5. The number of carbonyl (C=O) groups is 1. The van der Waals surface area contributed by atoms with Gasteiger partial charge >= 0.3 is 0 Å². The number of alkyl halides is 1. The molecule has 13 heavy (non-hydrogen) atoms. The van der Waals surface area contributed by atoms with Gasteiger partial charge in [0.05, 0.1) is 0 Å². The molecule has 0 saturated heterocycles. The van der Waals surface area contributed by atoms with Crippen molar-refractivity contribution in [1.82, 2.24) is 0 Å². The Bertz CT molecular complexity index is 159. The van der Waals surface area contributed by atoms with Gasteiger partial charge in [0.2, 0.25) is 0 Å². The molecule has 1 aliphatic rings. The van der Waals surface area contributed by atoms with Gasteiger partial charge < -0.3 is 0 Å². The molecule has 0 aliphatic heterocycles. The van der Waals surface area contributed by atoms with Crippen LogP contribution in [-0.4, -0.2) is 11.2 Å². The Morgan fingerprint density at radius 3 is 2.46 bits per heavy atom. The van der Waals surface area contributed by atoms with Crippen LogP contribution in [-0.2, 0) is 4.79 Å². The molecule has 0 atom stereocenters. The van der Waals surface area contributed by atoms with E-state index in [0.29, 0.717) is 17.1 Å². The number of hydrogen-bond donors (Lipinski definition) is 0. The van der Waals surface area contributed by atoms with Crippen molar-refractivity contribution in [1.29, 1.82) is 0 Å². The Morgan fingerprint density at radius 1 is 1.31 bits per heavy atom. The minimum Gasteiger partial charge on any atom is -0.299 e. The Balaban J connectivity index is 2.23. The summed E-state index contributed by atoms with van der Waals surface area (Å²) in [6.07, 6.45) is 7.08. The third kappa shape index (κ3) is 3.68. The molecular weight excluding hydrogens is 184 g/mol. The van der Waals surface area contributed by atoms with E-state index in [2.05, 4.69) is 6.92 Å². The van der Waals surface area contributed by atoms with E-state index in [1.807, 2.05) is 0 Å². The minimum absolute atomic E-state index is 0.329. The van der Waals surface area contributed by atoms with Gasteiger partial charge in [-0.15, -0.1) is 11.6 Å². The van der Waals surface area contributed by atoms with Crippen molar-refractivity contribution in [2.75, 3.05) is 0 Å². The van der Waals surface area contributed by atoms with E-state index in [9.17, 15) is 4.79 Å². The molecule has 0 aromatic rings. The summed E-state index contributed by atoms with van der Waals surface area (Å²) in [7, 11) is 0. The van der Waals surface area contributed by atoms with Gasteiger partial charge in [0.25, 0.3) is 0 Å². The Morgan fingerprint density at radius 2 is 1.92 bits per heavy atom. The highest BCUT2D eigenvalue weighted by Gasteiger charge is 2.24. The average molecular weight is 203 g/mol. The van der Waals surface area contributed by atoms with Crippen molar-refractivity contribution in [3.63, 3.8) is 0 Å². The van der Waals surface area contributed by atoms with Crippen molar-refractivity contribution in [3.8, 4) is 0 Å². The van der Waals surface area contributed by atoms with E-state index in [-0.39, 0.29) is 0 Å². The van der Waals surface area contributed by atoms with Crippen molar-refractivity contribution >= 4 is 17.4 Å². The predicted molar refractivity (Wildman–Crippen MR) is 56.1 cm³/mol. The number of halogens is 1. The van der Waals surface area contributed by atoms with Crippen molar-refractivity contribution < 1.29 is 4.79 Å². The van der Waals surface area contributed by atoms with Crippen LogP contribution in [0.5, 0.6) is 0 Å². The summed E-state index contributed by atoms with van der Waals surface area (Å²) in [5, 5.41) is 0.329. The monoisotopic (exact) mass is 202 g/mol. The van der Waals surface area contributed by atoms with E-state index in [1.54, 1.807) is 0 Å². The number of carbonyl (C=O) groups excluding carboxylic acids is 1. The van der Waals surface area contributed by atoms with E-state index in [1.165, 1.54) is 0 Å². The molecule has 2 heteroatoms. The van der Waals surface area contributed by atoms with Crippen LogP contribution in [0.25, 0.3) is 0 Å². The fourth-order valence-corrected chi connectivity index (χ4v) is 2.18. The molecule has 0 amide bonds. The van der Waals surface area contributed by atoms with Crippen LogP contribution in [0.3, 0.4) is 0 Å². The zero-order valence-corrected chi connectivity index (χ0v) is 9.15. The zero-order chi connectivity index (χ0) is 9.68. The summed E-state index contributed by atoms with van der Waals surface area (Å²) < 4.78 is 0. The van der Waals surface area contributed by atoms with Crippen LogP contribution < -0.4 is 0 Å². The summed E-state index contributed by atoms with van der Waals surface area (Å²) in [5.41, 5.74) is 0. The molecule has 0 unspecified atom stereocenters. The molecule has 0 bridgehead atoms. The van der Waals surface area contributed by atoms with Crippen molar-refractivity contribution in [3.05, 3.63) is 0 Å². The summed E-state index contributed by atoms with van der Waals surface area (Å²) in [6, 6.07) is 0. The highest BCUT2D eigenvalue weighted by Crippen LogP contribution is 2.29. The van der Waals surface area contributed by atoms with Crippen LogP contribution in [0.2, 0.25) is 0 Å². The first-order valence-electron chi connectivity index (χ1n) is 5.40. The molecule has 0 radical (unpaired) electrons. The van der Waals surface area contributed by atoms with Gasteiger partial charge in [0, 0.05) is 17.7 Å². The lowest BCUT2D eigenvalue weighted by molar-refractivity contribution is -0.123. The lowest BCUT2D eigenvalue weighted by atomic mass is 9.84. The predicted octanol–water partition coefficient (Wildman–Crippen LogP) is 3.54. The number of unbranched alkanes of at least 4 members (excludes halogenated alkanes) is 1. The summed E-state index contributed by atoms with van der Waals surface area (Å²) in [5.74, 6) is 0.812. The Kier molecular flexibility index (Phi) is 4.79. The molecule has 0 aromatic heterocycles. The van der Waals surface area contributed by atoms with Gasteiger partial charge in [-0.3, -0.25) is 4.79 Å². The van der Waals surface area contributed by atoms with Gasteiger partial charge in [-0.2, -0.15) is 0 Å². The minimum atomic E-state index is 0.329. The molecule has 0 aromatic carbocycles. The summed E-state index contributed by atoms with van der Waals surface area (Å²) >= 11 is 5.98. The van der Waals surface area contributed by atoms with Gasteiger partial charge in [0.15, 0.2) is 0 Å². The molecule has 76 valence electrons. The second-order valence-corrected chi connectivity index (χ2v) is 4.64. The maximum Gasteiger partial charge on any atom is 0.135 e. The first-order valence-corrected chi connectivity index (χ1v) is 5.84. The molecule has 0 N–H and O–H groups in total. The number of hydrogen-bond acceptors (Lipinski definition) is 1. The van der Waals surface area contributed by atoms with Crippen LogP contribution in [0, 0.1) is 5.92 Å². The third-order valence-electron chi connectivity index (χ3n) is 2.89. The van der Waals surface area contributed by atoms with Crippen molar-refractivity contribution in [2.45, 2.75) is 57.2 Å². The third-order valence-corrected chi connectivity index (χ3v) is 3.33. The fourth-order valence-electron chi connectivity index (χ4n) is 1.93. The van der Waals surface area contributed by atoms with E-state index < -0.39 is 0 Å². The molecule has 1 rings (SSSR count). The zero-order valence-electron chi connectivity index (χ0n) is 8.39. The molecule has 1 fully saturated rings. The molecule has 1 aliphatic carbocycles. The van der Waals surface area contributed by atoms with Gasteiger partial charge in [-0.1, -0.05) is 13.3 Å². The maximum absolute atomic E-state index is 11.6. The topological polar surface area (TPSA) is 17.1 Å². The van der Waals surface area contributed by atoms with E-state index in [4.69, 9.17) is 11.6 Å². The molecule has 1 saturated carbocycles. The Labute approximate surface area is 85.8 Å². The number of ketones is 1.